The Hall–Kier alpha value is -2.67. The predicted molar refractivity (Wildman–Crippen MR) is 78.3 cm³/mol. The minimum Gasteiger partial charge on any atom is -0.467 e. The van der Waals surface area contributed by atoms with Crippen molar-refractivity contribution in [2.45, 2.75) is 6.54 Å². The lowest BCUT2D eigenvalue weighted by Gasteiger charge is -2.06. The number of ether oxygens (including phenoxy) is 1. The minimum absolute atomic E-state index is 0.172. The highest BCUT2D eigenvalue weighted by molar-refractivity contribution is 5.98. The Kier molecular flexibility index (Phi) is 5.67. The smallest absolute Gasteiger partial charge is 0.270 e. The summed E-state index contributed by atoms with van der Waals surface area (Å²) in [4.78, 5) is 27.9. The third-order valence-corrected chi connectivity index (χ3v) is 2.85. The quantitative estimate of drug-likeness (QED) is 0.744. The van der Waals surface area contributed by atoms with Gasteiger partial charge in [0, 0.05) is 25.4 Å². The zero-order valence-electron chi connectivity index (χ0n) is 12.2. The Labute approximate surface area is 127 Å². The molecule has 0 fully saturated rings. The largest absolute Gasteiger partial charge is 0.467 e. The van der Waals surface area contributed by atoms with E-state index >= 15 is 0 Å². The molecule has 0 unspecified atom stereocenters. The highest BCUT2D eigenvalue weighted by atomic mass is 16.5. The van der Waals surface area contributed by atoms with E-state index < -0.39 is 0 Å². The van der Waals surface area contributed by atoms with Crippen molar-refractivity contribution < 1.29 is 18.7 Å². The molecular formula is C15H17N3O4. The number of pyridine rings is 1. The number of hydrogen-bond donors (Lipinski definition) is 2. The minimum atomic E-state index is -0.372. The van der Waals surface area contributed by atoms with Gasteiger partial charge in [-0.25, -0.2) is 0 Å². The number of nitrogens with one attached hydrogen (secondary N) is 2. The Morgan fingerprint density at radius 2 is 2.14 bits per heavy atom. The summed E-state index contributed by atoms with van der Waals surface area (Å²) in [6, 6.07) is 6.49. The van der Waals surface area contributed by atoms with Crippen molar-refractivity contribution in [2.75, 3.05) is 20.3 Å². The van der Waals surface area contributed by atoms with E-state index in [-0.39, 0.29) is 24.1 Å². The van der Waals surface area contributed by atoms with Crippen molar-refractivity contribution in [3.8, 4) is 0 Å². The van der Waals surface area contributed by atoms with Crippen LogP contribution >= 0.6 is 0 Å². The van der Waals surface area contributed by atoms with Crippen molar-refractivity contribution >= 4 is 11.8 Å². The fraction of sp³-hybridized carbons (Fsp3) is 0.267. The first-order valence-electron chi connectivity index (χ1n) is 6.74. The third-order valence-electron chi connectivity index (χ3n) is 2.85. The van der Waals surface area contributed by atoms with Crippen molar-refractivity contribution in [1.82, 2.24) is 15.6 Å². The van der Waals surface area contributed by atoms with Crippen LogP contribution in [0.1, 0.15) is 26.6 Å². The molecule has 22 heavy (non-hydrogen) atoms. The normalized spacial score (nSPS) is 10.2. The number of rotatable bonds is 7. The number of furan rings is 1. The van der Waals surface area contributed by atoms with Gasteiger partial charge in [-0.3, -0.25) is 14.6 Å². The molecule has 0 bridgehead atoms. The lowest BCUT2D eigenvalue weighted by molar-refractivity contribution is 0.0937. The van der Waals surface area contributed by atoms with Crippen LogP contribution in [0.2, 0.25) is 0 Å². The van der Waals surface area contributed by atoms with Crippen LogP contribution in [0.4, 0.5) is 0 Å². The molecule has 2 N–H and O–H groups in total. The number of nitrogens with zero attached hydrogens (tertiary/aromatic N) is 1. The molecule has 7 nitrogen and oxygen atoms in total. The van der Waals surface area contributed by atoms with E-state index in [2.05, 4.69) is 15.6 Å². The maximum Gasteiger partial charge on any atom is 0.270 e. The summed E-state index contributed by atoms with van der Waals surface area (Å²) < 4.78 is 9.98. The second-order valence-corrected chi connectivity index (χ2v) is 4.44. The summed E-state index contributed by atoms with van der Waals surface area (Å²) in [6.45, 7) is 1.09. The molecule has 0 aromatic carbocycles. The first-order chi connectivity index (χ1) is 10.7. The fourth-order valence-corrected chi connectivity index (χ4v) is 1.74. The number of methoxy groups -OCH3 is 1. The van der Waals surface area contributed by atoms with Gasteiger partial charge < -0.3 is 19.8 Å². The molecule has 116 valence electrons. The lowest BCUT2D eigenvalue weighted by Crippen LogP contribution is -2.28. The van der Waals surface area contributed by atoms with E-state index in [0.29, 0.717) is 24.5 Å². The summed E-state index contributed by atoms with van der Waals surface area (Å²) >= 11 is 0. The zero-order valence-corrected chi connectivity index (χ0v) is 12.2. The number of amides is 2. The monoisotopic (exact) mass is 303 g/mol. The molecule has 0 aliphatic heterocycles. The molecule has 0 aliphatic carbocycles. The molecule has 2 aromatic heterocycles. The van der Waals surface area contributed by atoms with Crippen molar-refractivity contribution in [2.24, 2.45) is 0 Å². The number of carbonyl (C=O) groups excluding carboxylic acids is 2. The van der Waals surface area contributed by atoms with Gasteiger partial charge >= 0.3 is 0 Å². The molecule has 0 saturated carbocycles. The molecule has 0 spiro atoms. The van der Waals surface area contributed by atoms with Gasteiger partial charge in [-0.2, -0.15) is 0 Å². The maximum absolute atomic E-state index is 12.0. The summed E-state index contributed by atoms with van der Waals surface area (Å²) in [5, 5.41) is 5.35. The van der Waals surface area contributed by atoms with E-state index in [9.17, 15) is 9.59 Å². The molecule has 2 rings (SSSR count). The average Bonchev–Trinajstić information content (AvgIpc) is 3.06. The number of hydrogen-bond acceptors (Lipinski definition) is 5. The van der Waals surface area contributed by atoms with Crippen molar-refractivity contribution in [3.63, 3.8) is 0 Å². The number of carbonyl (C=O) groups is 2. The van der Waals surface area contributed by atoms with Gasteiger partial charge in [0.25, 0.3) is 11.8 Å². The topological polar surface area (TPSA) is 93.5 Å². The van der Waals surface area contributed by atoms with Crippen LogP contribution in [0.3, 0.4) is 0 Å². The first-order valence-corrected chi connectivity index (χ1v) is 6.74. The third kappa shape index (κ3) is 4.42. The van der Waals surface area contributed by atoms with E-state index in [1.165, 1.54) is 18.5 Å². The molecule has 0 atom stereocenters. The Bertz CT molecular complexity index is 625. The second kappa shape index (κ2) is 7.94. The molecule has 0 saturated heterocycles. The van der Waals surface area contributed by atoms with Gasteiger partial charge in [-0.05, 0) is 24.3 Å². The van der Waals surface area contributed by atoms with Crippen molar-refractivity contribution in [3.05, 3.63) is 53.7 Å². The summed E-state index contributed by atoms with van der Waals surface area (Å²) in [5.41, 5.74) is 0.542. The Balaban J connectivity index is 1.95. The van der Waals surface area contributed by atoms with Crippen LogP contribution in [-0.4, -0.2) is 37.1 Å². The molecule has 7 heteroatoms. The highest BCUT2D eigenvalue weighted by Gasteiger charge is 2.11. The predicted octanol–water partition coefficient (Wildman–Crippen LogP) is 0.981. The molecule has 2 aromatic rings. The molecular weight excluding hydrogens is 286 g/mol. The summed E-state index contributed by atoms with van der Waals surface area (Å²) in [5.74, 6) is -0.00992. The van der Waals surface area contributed by atoms with Crippen LogP contribution in [0.5, 0.6) is 0 Å². The van der Waals surface area contributed by atoms with Crippen LogP contribution in [0.15, 0.2) is 41.1 Å². The number of aromatic nitrogens is 1. The molecule has 2 amide bonds. The lowest BCUT2D eigenvalue weighted by atomic mass is 10.2. The van der Waals surface area contributed by atoms with Gasteiger partial charge in [0.05, 0.1) is 19.4 Å². The van der Waals surface area contributed by atoms with E-state index in [1.54, 1.807) is 25.3 Å². The van der Waals surface area contributed by atoms with E-state index in [1.807, 2.05) is 0 Å². The van der Waals surface area contributed by atoms with Crippen LogP contribution in [0, 0.1) is 0 Å². The van der Waals surface area contributed by atoms with Gasteiger partial charge in [-0.15, -0.1) is 0 Å². The molecule has 0 aliphatic rings. The maximum atomic E-state index is 12.0. The van der Waals surface area contributed by atoms with Crippen molar-refractivity contribution in [1.29, 1.82) is 0 Å². The highest BCUT2D eigenvalue weighted by Crippen LogP contribution is 2.04. The average molecular weight is 303 g/mol. The van der Waals surface area contributed by atoms with Gasteiger partial charge in [-0.1, -0.05) is 0 Å². The SMILES string of the molecule is COCCNC(=O)c1ccnc(C(=O)NCc2ccco2)c1. The zero-order chi connectivity index (χ0) is 15.8. The molecule has 0 radical (unpaired) electrons. The standard InChI is InChI=1S/C15H17N3O4/c1-21-8-6-17-14(19)11-4-5-16-13(9-11)15(20)18-10-12-3-2-7-22-12/h2-5,7,9H,6,8,10H2,1H3,(H,17,19)(H,18,20). The second-order valence-electron chi connectivity index (χ2n) is 4.44. The van der Waals surface area contributed by atoms with Gasteiger partial charge in [0.2, 0.25) is 0 Å². The summed E-state index contributed by atoms with van der Waals surface area (Å²) in [7, 11) is 1.56. The van der Waals surface area contributed by atoms with E-state index in [0.717, 1.165) is 0 Å². The van der Waals surface area contributed by atoms with Crippen LogP contribution in [0.25, 0.3) is 0 Å². The fourth-order valence-electron chi connectivity index (χ4n) is 1.74. The van der Waals surface area contributed by atoms with Crippen LogP contribution < -0.4 is 10.6 Å². The van der Waals surface area contributed by atoms with Crippen LogP contribution in [-0.2, 0) is 11.3 Å². The Morgan fingerprint density at radius 1 is 1.27 bits per heavy atom. The first kappa shape index (κ1) is 15.7. The Morgan fingerprint density at radius 3 is 2.86 bits per heavy atom. The van der Waals surface area contributed by atoms with Gasteiger partial charge in [0.1, 0.15) is 11.5 Å². The summed E-state index contributed by atoms with van der Waals surface area (Å²) in [6.07, 6.45) is 2.96. The van der Waals surface area contributed by atoms with E-state index in [4.69, 9.17) is 9.15 Å². The molecule has 2 heterocycles. The van der Waals surface area contributed by atoms with Gasteiger partial charge in [0.15, 0.2) is 0 Å².